The van der Waals surface area contributed by atoms with Crippen molar-refractivity contribution in [3.8, 4) is 0 Å². The van der Waals surface area contributed by atoms with Crippen molar-refractivity contribution in [1.82, 2.24) is 15.1 Å². The number of nitrogens with two attached hydrogens (primary N) is 1. The fraction of sp³-hybridized carbons (Fsp3) is 0.588. The number of amides is 1. The van der Waals surface area contributed by atoms with Gasteiger partial charge in [0.15, 0.2) is 0 Å². The summed E-state index contributed by atoms with van der Waals surface area (Å²) in [6.45, 7) is 8.15. The highest BCUT2D eigenvalue weighted by atomic mass is 32.2. The largest absolute Gasteiger partial charge is 0.340 e. The lowest BCUT2D eigenvalue weighted by molar-refractivity contribution is -0.132. The van der Waals surface area contributed by atoms with E-state index in [0.29, 0.717) is 13.0 Å². The van der Waals surface area contributed by atoms with Gasteiger partial charge >= 0.3 is 0 Å². The molecule has 0 spiro atoms. The standard InChI is InChI=1S/C17H28N4O3S/c1-2-20-11-13-21(14-12-20)17(22)8-10-19-9-7-15-3-5-16(6-4-15)25(18,23)24/h3-6,19H,2,7-14H2,1H3,(H2,18,23,24). The molecule has 25 heavy (non-hydrogen) atoms. The zero-order valence-electron chi connectivity index (χ0n) is 14.8. The molecule has 0 aliphatic carbocycles. The predicted molar refractivity (Wildman–Crippen MR) is 97.7 cm³/mol. The van der Waals surface area contributed by atoms with Crippen LogP contribution in [0.1, 0.15) is 18.9 Å². The fourth-order valence-electron chi connectivity index (χ4n) is 2.87. The van der Waals surface area contributed by atoms with E-state index in [1.807, 2.05) is 4.90 Å². The zero-order chi connectivity index (χ0) is 18.3. The molecular formula is C17H28N4O3S. The third-order valence-corrected chi connectivity index (χ3v) is 5.46. The molecule has 1 heterocycles. The maximum Gasteiger partial charge on any atom is 0.238 e. The second kappa shape index (κ2) is 9.28. The molecule has 2 rings (SSSR count). The van der Waals surface area contributed by atoms with Crippen molar-refractivity contribution in [2.45, 2.75) is 24.7 Å². The Hall–Kier alpha value is -1.48. The molecule has 8 heteroatoms. The molecule has 0 atom stereocenters. The summed E-state index contributed by atoms with van der Waals surface area (Å²) in [5, 5.41) is 8.34. The maximum atomic E-state index is 12.2. The molecule has 0 saturated carbocycles. The van der Waals surface area contributed by atoms with Crippen LogP contribution in [0.25, 0.3) is 0 Å². The van der Waals surface area contributed by atoms with Gasteiger partial charge in [0, 0.05) is 39.1 Å². The number of rotatable bonds is 8. The van der Waals surface area contributed by atoms with Gasteiger partial charge in [-0.25, -0.2) is 13.6 Å². The Balaban J connectivity index is 1.62. The Labute approximate surface area is 150 Å². The van der Waals surface area contributed by atoms with Crippen molar-refractivity contribution in [3.05, 3.63) is 29.8 Å². The molecular weight excluding hydrogens is 340 g/mol. The summed E-state index contributed by atoms with van der Waals surface area (Å²) in [6, 6.07) is 6.56. The van der Waals surface area contributed by atoms with E-state index in [1.54, 1.807) is 12.1 Å². The third kappa shape index (κ3) is 6.39. The summed E-state index contributed by atoms with van der Waals surface area (Å²) < 4.78 is 22.4. The Morgan fingerprint density at radius 3 is 2.32 bits per heavy atom. The van der Waals surface area contributed by atoms with Crippen LogP contribution >= 0.6 is 0 Å². The van der Waals surface area contributed by atoms with Crippen LogP contribution in [0.5, 0.6) is 0 Å². The van der Waals surface area contributed by atoms with E-state index in [4.69, 9.17) is 5.14 Å². The average molecular weight is 369 g/mol. The number of carbonyl (C=O) groups excluding carboxylic acids is 1. The highest BCUT2D eigenvalue weighted by Crippen LogP contribution is 2.09. The number of carbonyl (C=O) groups is 1. The predicted octanol–water partition coefficient (Wildman–Crippen LogP) is 0.0203. The van der Waals surface area contributed by atoms with E-state index < -0.39 is 10.0 Å². The van der Waals surface area contributed by atoms with Crippen LogP contribution in [-0.2, 0) is 21.2 Å². The Bertz CT molecular complexity index is 653. The summed E-state index contributed by atoms with van der Waals surface area (Å²) in [4.78, 5) is 16.6. The van der Waals surface area contributed by atoms with E-state index in [-0.39, 0.29) is 10.8 Å². The van der Waals surface area contributed by atoms with Crippen LogP contribution < -0.4 is 10.5 Å². The zero-order valence-corrected chi connectivity index (χ0v) is 15.6. The lowest BCUT2D eigenvalue weighted by Crippen LogP contribution is -2.48. The molecule has 0 bridgehead atoms. The van der Waals surface area contributed by atoms with Gasteiger partial charge in [0.1, 0.15) is 0 Å². The van der Waals surface area contributed by atoms with Crippen molar-refractivity contribution >= 4 is 15.9 Å². The molecule has 0 aromatic heterocycles. The number of hydrogen-bond donors (Lipinski definition) is 2. The lowest BCUT2D eigenvalue weighted by Gasteiger charge is -2.34. The van der Waals surface area contributed by atoms with Crippen LogP contribution in [-0.4, -0.2) is 69.9 Å². The molecule has 1 aliphatic heterocycles. The summed E-state index contributed by atoms with van der Waals surface area (Å²) in [6.07, 6.45) is 1.28. The van der Waals surface area contributed by atoms with E-state index in [2.05, 4.69) is 17.1 Å². The van der Waals surface area contributed by atoms with Crippen LogP contribution in [0.2, 0.25) is 0 Å². The molecule has 1 amide bonds. The minimum Gasteiger partial charge on any atom is -0.340 e. The lowest BCUT2D eigenvalue weighted by atomic mass is 10.1. The quantitative estimate of drug-likeness (QED) is 0.631. The van der Waals surface area contributed by atoms with Crippen molar-refractivity contribution in [3.63, 3.8) is 0 Å². The number of nitrogens with zero attached hydrogens (tertiary/aromatic N) is 2. The first-order valence-corrected chi connectivity index (χ1v) is 10.3. The Kier molecular flexibility index (Phi) is 7.37. The van der Waals surface area contributed by atoms with Gasteiger partial charge in [-0.05, 0) is 37.2 Å². The Morgan fingerprint density at radius 1 is 1.12 bits per heavy atom. The summed E-state index contributed by atoms with van der Waals surface area (Å²) in [5.41, 5.74) is 1.03. The van der Waals surface area contributed by atoms with Gasteiger partial charge in [-0.15, -0.1) is 0 Å². The molecule has 1 aliphatic rings. The minimum absolute atomic E-state index is 0.123. The van der Waals surface area contributed by atoms with Crippen LogP contribution in [0, 0.1) is 0 Å². The van der Waals surface area contributed by atoms with Gasteiger partial charge in [-0.1, -0.05) is 19.1 Å². The monoisotopic (exact) mass is 368 g/mol. The fourth-order valence-corrected chi connectivity index (χ4v) is 3.39. The Morgan fingerprint density at radius 2 is 1.76 bits per heavy atom. The molecule has 3 N–H and O–H groups in total. The van der Waals surface area contributed by atoms with Crippen LogP contribution in [0.4, 0.5) is 0 Å². The van der Waals surface area contributed by atoms with E-state index >= 15 is 0 Å². The second-order valence-corrected chi connectivity index (χ2v) is 7.82. The number of likely N-dealkylation sites (N-methyl/N-ethyl adjacent to an activating group) is 1. The van der Waals surface area contributed by atoms with Gasteiger partial charge in [0.05, 0.1) is 4.90 Å². The summed E-state index contributed by atoms with van der Waals surface area (Å²) >= 11 is 0. The van der Waals surface area contributed by atoms with Gasteiger partial charge in [0.2, 0.25) is 15.9 Å². The number of nitrogens with one attached hydrogen (secondary N) is 1. The van der Waals surface area contributed by atoms with E-state index in [1.165, 1.54) is 12.1 Å². The SMILES string of the molecule is CCN1CCN(C(=O)CCNCCc2ccc(S(N)(=O)=O)cc2)CC1. The highest BCUT2D eigenvalue weighted by Gasteiger charge is 2.19. The first kappa shape index (κ1) is 19.8. The number of piperazine rings is 1. The molecule has 140 valence electrons. The van der Waals surface area contributed by atoms with Gasteiger partial charge in [0.25, 0.3) is 0 Å². The van der Waals surface area contributed by atoms with E-state index in [9.17, 15) is 13.2 Å². The van der Waals surface area contributed by atoms with Crippen LogP contribution in [0.3, 0.4) is 0 Å². The number of benzene rings is 1. The number of sulfonamides is 1. The number of hydrogen-bond acceptors (Lipinski definition) is 5. The molecule has 7 nitrogen and oxygen atoms in total. The smallest absolute Gasteiger partial charge is 0.238 e. The van der Waals surface area contributed by atoms with Crippen molar-refractivity contribution < 1.29 is 13.2 Å². The summed E-state index contributed by atoms with van der Waals surface area (Å²) in [5.74, 6) is 0.209. The molecule has 1 aromatic carbocycles. The first-order valence-electron chi connectivity index (χ1n) is 8.72. The molecule has 0 unspecified atom stereocenters. The molecule has 0 radical (unpaired) electrons. The highest BCUT2D eigenvalue weighted by molar-refractivity contribution is 7.89. The van der Waals surface area contributed by atoms with Crippen molar-refractivity contribution in [2.24, 2.45) is 5.14 Å². The van der Waals surface area contributed by atoms with Gasteiger partial charge in [-0.3, -0.25) is 4.79 Å². The average Bonchev–Trinajstić information content (AvgIpc) is 2.61. The number of primary sulfonamides is 1. The van der Waals surface area contributed by atoms with E-state index in [0.717, 1.165) is 51.3 Å². The molecule has 1 aromatic rings. The third-order valence-electron chi connectivity index (χ3n) is 4.53. The first-order chi connectivity index (χ1) is 11.9. The topological polar surface area (TPSA) is 95.7 Å². The van der Waals surface area contributed by atoms with Gasteiger partial charge in [-0.2, -0.15) is 0 Å². The van der Waals surface area contributed by atoms with Crippen molar-refractivity contribution in [2.75, 3.05) is 45.8 Å². The molecule has 1 fully saturated rings. The summed E-state index contributed by atoms with van der Waals surface area (Å²) in [7, 11) is -3.64. The molecule has 1 saturated heterocycles. The minimum atomic E-state index is -3.64. The second-order valence-electron chi connectivity index (χ2n) is 6.25. The van der Waals surface area contributed by atoms with Gasteiger partial charge < -0.3 is 15.1 Å². The van der Waals surface area contributed by atoms with Crippen molar-refractivity contribution in [1.29, 1.82) is 0 Å². The normalized spacial score (nSPS) is 16.2. The maximum absolute atomic E-state index is 12.2. The van der Waals surface area contributed by atoms with Crippen LogP contribution in [0.15, 0.2) is 29.2 Å².